The van der Waals surface area contributed by atoms with E-state index in [1.807, 2.05) is 20.8 Å². The Kier molecular flexibility index (Phi) is 5.07. The summed E-state index contributed by atoms with van der Waals surface area (Å²) in [5.41, 5.74) is 0.430. The molecular formula is C14H19NO5. The Labute approximate surface area is 117 Å². The molecule has 0 amide bonds. The van der Waals surface area contributed by atoms with Crippen LogP contribution in [-0.4, -0.2) is 24.1 Å². The van der Waals surface area contributed by atoms with Gasteiger partial charge in [-0.1, -0.05) is 25.5 Å². The van der Waals surface area contributed by atoms with E-state index in [2.05, 4.69) is 0 Å². The molecule has 0 bridgehead atoms. The van der Waals surface area contributed by atoms with Gasteiger partial charge < -0.3 is 9.47 Å². The lowest BCUT2D eigenvalue weighted by Gasteiger charge is -2.20. The molecule has 0 spiro atoms. The Morgan fingerprint density at radius 1 is 1.45 bits per heavy atom. The topological polar surface area (TPSA) is 78.7 Å². The van der Waals surface area contributed by atoms with Gasteiger partial charge in [0, 0.05) is 11.5 Å². The van der Waals surface area contributed by atoms with E-state index in [1.165, 1.54) is 6.08 Å². The van der Waals surface area contributed by atoms with Crippen molar-refractivity contribution in [2.75, 3.05) is 13.2 Å². The van der Waals surface area contributed by atoms with Gasteiger partial charge in [-0.3, -0.25) is 10.1 Å². The summed E-state index contributed by atoms with van der Waals surface area (Å²) in [5.74, 6) is -0.483. The van der Waals surface area contributed by atoms with Crippen LogP contribution in [0.25, 0.3) is 0 Å². The van der Waals surface area contributed by atoms with Gasteiger partial charge in [-0.25, -0.2) is 4.79 Å². The van der Waals surface area contributed by atoms with E-state index in [0.717, 1.165) is 5.57 Å². The molecule has 0 unspecified atom stereocenters. The van der Waals surface area contributed by atoms with Crippen molar-refractivity contribution in [3.05, 3.63) is 45.4 Å². The lowest BCUT2D eigenvalue weighted by atomic mass is 9.85. The lowest BCUT2D eigenvalue weighted by molar-refractivity contribution is -0.421. The first-order chi connectivity index (χ1) is 9.27. The molecule has 0 saturated heterocycles. The van der Waals surface area contributed by atoms with Crippen molar-refractivity contribution in [2.24, 2.45) is 5.41 Å². The minimum atomic E-state index is -0.554. The minimum Gasteiger partial charge on any atom is -0.475 e. The highest BCUT2D eigenvalue weighted by Gasteiger charge is 2.26. The predicted octanol–water partition coefficient (Wildman–Crippen LogP) is 2.60. The summed E-state index contributed by atoms with van der Waals surface area (Å²) in [6, 6.07) is 0. The van der Waals surface area contributed by atoms with Crippen LogP contribution in [0.3, 0.4) is 0 Å². The Balaban J connectivity index is 3.03. The van der Waals surface area contributed by atoms with E-state index in [9.17, 15) is 14.9 Å². The molecular weight excluding hydrogens is 262 g/mol. The Morgan fingerprint density at radius 3 is 2.65 bits per heavy atom. The first-order valence-corrected chi connectivity index (χ1v) is 6.33. The molecule has 20 heavy (non-hydrogen) atoms. The SMILES string of the molecule is CCOC(=O)COC1=C([N+](=O)[O-])C=CC(C)(C)C(C)=C1. The van der Waals surface area contributed by atoms with E-state index >= 15 is 0 Å². The number of carbonyl (C=O) groups excluding carboxylic acids is 1. The van der Waals surface area contributed by atoms with Crippen LogP contribution in [-0.2, 0) is 14.3 Å². The van der Waals surface area contributed by atoms with Gasteiger partial charge in [0.15, 0.2) is 12.4 Å². The van der Waals surface area contributed by atoms with Crippen LogP contribution in [0.1, 0.15) is 27.7 Å². The van der Waals surface area contributed by atoms with Gasteiger partial charge in [-0.2, -0.15) is 0 Å². The van der Waals surface area contributed by atoms with Gasteiger partial charge in [0.05, 0.1) is 11.5 Å². The maximum atomic E-state index is 11.3. The van der Waals surface area contributed by atoms with Crippen LogP contribution < -0.4 is 0 Å². The van der Waals surface area contributed by atoms with E-state index in [4.69, 9.17) is 9.47 Å². The van der Waals surface area contributed by atoms with Gasteiger partial charge in [0.25, 0.3) is 0 Å². The summed E-state index contributed by atoms with van der Waals surface area (Å²) in [6.45, 7) is 7.33. The highest BCUT2D eigenvalue weighted by molar-refractivity contribution is 5.70. The van der Waals surface area contributed by atoms with Crippen molar-refractivity contribution in [1.29, 1.82) is 0 Å². The van der Waals surface area contributed by atoms with E-state index in [-0.39, 0.29) is 30.1 Å². The monoisotopic (exact) mass is 281 g/mol. The molecule has 6 heteroatoms. The number of esters is 1. The second kappa shape index (κ2) is 6.36. The number of nitro groups is 1. The van der Waals surface area contributed by atoms with Crippen LogP contribution in [0.4, 0.5) is 0 Å². The van der Waals surface area contributed by atoms with Crippen molar-refractivity contribution < 1.29 is 19.2 Å². The van der Waals surface area contributed by atoms with Gasteiger partial charge in [-0.15, -0.1) is 0 Å². The number of hydrogen-bond donors (Lipinski definition) is 0. The van der Waals surface area contributed by atoms with Crippen molar-refractivity contribution >= 4 is 5.97 Å². The standard InChI is InChI=1S/C14H19NO5/c1-5-19-13(16)9-20-12-8-10(2)14(3,4)7-6-11(12)15(17)18/h6-8H,5,9H2,1-4H3. The quantitative estimate of drug-likeness (QED) is 0.439. The summed E-state index contributed by atoms with van der Waals surface area (Å²) < 4.78 is 9.98. The molecule has 0 radical (unpaired) electrons. The molecule has 0 fully saturated rings. The maximum Gasteiger partial charge on any atom is 0.344 e. The molecule has 1 aliphatic carbocycles. The van der Waals surface area contributed by atoms with Crippen LogP contribution in [0.5, 0.6) is 0 Å². The Morgan fingerprint density at radius 2 is 2.10 bits per heavy atom. The molecule has 110 valence electrons. The third kappa shape index (κ3) is 3.94. The molecule has 0 N–H and O–H groups in total. The average molecular weight is 281 g/mol. The number of rotatable bonds is 5. The molecule has 1 aliphatic rings. The highest BCUT2D eigenvalue weighted by atomic mass is 16.6. The largest absolute Gasteiger partial charge is 0.475 e. The minimum absolute atomic E-state index is 0.0716. The normalized spacial score (nSPS) is 17.3. The lowest BCUT2D eigenvalue weighted by Crippen LogP contribution is -2.13. The summed E-state index contributed by atoms with van der Waals surface area (Å²) in [7, 11) is 0. The molecule has 0 aromatic rings. The van der Waals surface area contributed by atoms with Crippen LogP contribution in [0.15, 0.2) is 35.3 Å². The zero-order valence-corrected chi connectivity index (χ0v) is 12.1. The number of allylic oxidation sites excluding steroid dienone is 4. The second-order valence-electron chi connectivity index (χ2n) is 4.98. The summed E-state index contributed by atoms with van der Waals surface area (Å²) in [5, 5.41) is 11.1. The highest BCUT2D eigenvalue weighted by Crippen LogP contribution is 2.32. The Hall–Kier alpha value is -2.11. The van der Waals surface area contributed by atoms with Crippen molar-refractivity contribution in [2.45, 2.75) is 27.7 Å². The van der Waals surface area contributed by atoms with Crippen molar-refractivity contribution in [3.8, 4) is 0 Å². The molecule has 1 rings (SSSR count). The van der Waals surface area contributed by atoms with Crippen molar-refractivity contribution in [1.82, 2.24) is 0 Å². The number of ether oxygens (including phenoxy) is 2. The van der Waals surface area contributed by atoms with Crippen LogP contribution >= 0.6 is 0 Å². The van der Waals surface area contributed by atoms with Crippen molar-refractivity contribution in [3.63, 3.8) is 0 Å². The maximum absolute atomic E-state index is 11.3. The second-order valence-corrected chi connectivity index (χ2v) is 4.98. The summed E-state index contributed by atoms with van der Waals surface area (Å²) in [4.78, 5) is 21.8. The zero-order valence-electron chi connectivity index (χ0n) is 12.1. The fraction of sp³-hybridized carbons (Fsp3) is 0.500. The molecule has 0 aromatic heterocycles. The van der Waals surface area contributed by atoms with Gasteiger partial charge in [0.1, 0.15) is 0 Å². The van der Waals surface area contributed by atoms with Crippen LogP contribution in [0.2, 0.25) is 0 Å². The predicted molar refractivity (Wildman–Crippen MR) is 73.3 cm³/mol. The molecule has 0 aromatic carbocycles. The molecule has 6 nitrogen and oxygen atoms in total. The Bertz CT molecular complexity index is 500. The van der Waals surface area contributed by atoms with Gasteiger partial charge >= 0.3 is 11.7 Å². The molecule has 0 saturated carbocycles. The van der Waals surface area contributed by atoms with E-state index < -0.39 is 10.9 Å². The smallest absolute Gasteiger partial charge is 0.344 e. The first-order valence-electron chi connectivity index (χ1n) is 6.33. The van der Waals surface area contributed by atoms with Gasteiger partial charge in [-0.05, 0) is 19.9 Å². The van der Waals surface area contributed by atoms with Gasteiger partial charge in [0.2, 0.25) is 0 Å². The third-order valence-corrected chi connectivity index (χ3v) is 3.12. The number of nitrogens with zero attached hydrogens (tertiary/aromatic N) is 1. The van der Waals surface area contributed by atoms with Crippen LogP contribution in [0, 0.1) is 15.5 Å². The molecule has 0 atom stereocenters. The fourth-order valence-corrected chi connectivity index (χ4v) is 1.56. The zero-order chi connectivity index (χ0) is 15.3. The third-order valence-electron chi connectivity index (χ3n) is 3.12. The summed E-state index contributed by atoms with van der Waals surface area (Å²) in [6.07, 6.45) is 4.75. The van der Waals surface area contributed by atoms with E-state index in [0.29, 0.717) is 0 Å². The summed E-state index contributed by atoms with van der Waals surface area (Å²) >= 11 is 0. The molecule has 0 heterocycles. The fourth-order valence-electron chi connectivity index (χ4n) is 1.56. The first kappa shape index (κ1) is 15.9. The van der Waals surface area contributed by atoms with E-state index in [1.54, 1.807) is 19.1 Å². The average Bonchev–Trinajstić information content (AvgIpc) is 2.45. The number of carbonyl (C=O) groups is 1. The molecule has 0 aliphatic heterocycles. The number of hydrogen-bond acceptors (Lipinski definition) is 5.